The van der Waals surface area contributed by atoms with Crippen LogP contribution in [0.3, 0.4) is 0 Å². The van der Waals surface area contributed by atoms with E-state index in [0.29, 0.717) is 18.8 Å². The van der Waals surface area contributed by atoms with E-state index in [1.165, 1.54) is 6.33 Å². The number of hydrogen-bond donors (Lipinski definition) is 4. The Morgan fingerprint density at radius 2 is 2.14 bits per heavy atom. The van der Waals surface area contributed by atoms with Gasteiger partial charge in [0.2, 0.25) is 0 Å². The minimum Gasteiger partial charge on any atom is -0.396 e. The Hall–Kier alpha value is -1.40. The van der Waals surface area contributed by atoms with Gasteiger partial charge in [0.25, 0.3) is 0 Å². The van der Waals surface area contributed by atoms with Crippen LogP contribution in [0.4, 0.5) is 11.6 Å². The van der Waals surface area contributed by atoms with E-state index in [2.05, 4.69) is 20.7 Å². The van der Waals surface area contributed by atoms with Gasteiger partial charge >= 0.3 is 0 Å². The van der Waals surface area contributed by atoms with Crippen LogP contribution in [0.25, 0.3) is 0 Å². The van der Waals surface area contributed by atoms with Crippen molar-refractivity contribution in [2.45, 2.75) is 13.3 Å². The molecule has 0 aromatic carbocycles. The number of aliphatic hydroxyl groups excluding tert-OH is 1. The van der Waals surface area contributed by atoms with Crippen LogP contribution < -0.4 is 16.6 Å². The SMILES string of the molecule is Cc1c(NN)ncnc1NCCCO. The van der Waals surface area contributed by atoms with E-state index in [0.717, 1.165) is 11.4 Å². The van der Waals surface area contributed by atoms with Gasteiger partial charge in [0, 0.05) is 18.7 Å². The number of nitrogens with zero attached hydrogens (tertiary/aromatic N) is 2. The lowest BCUT2D eigenvalue weighted by Crippen LogP contribution is -2.13. The number of hydrogen-bond acceptors (Lipinski definition) is 6. The fraction of sp³-hybridized carbons (Fsp3) is 0.500. The maximum Gasteiger partial charge on any atom is 0.148 e. The molecule has 0 amide bonds. The summed E-state index contributed by atoms with van der Waals surface area (Å²) in [6, 6.07) is 0. The third-order valence-electron chi connectivity index (χ3n) is 1.85. The van der Waals surface area contributed by atoms with E-state index in [9.17, 15) is 0 Å². The highest BCUT2D eigenvalue weighted by atomic mass is 16.3. The van der Waals surface area contributed by atoms with Crippen molar-refractivity contribution in [1.82, 2.24) is 9.97 Å². The molecule has 78 valence electrons. The molecular formula is C8H15N5O. The highest BCUT2D eigenvalue weighted by Crippen LogP contribution is 2.16. The first-order chi connectivity index (χ1) is 6.79. The number of aromatic nitrogens is 2. The van der Waals surface area contributed by atoms with Crippen molar-refractivity contribution >= 4 is 11.6 Å². The zero-order chi connectivity index (χ0) is 10.4. The lowest BCUT2D eigenvalue weighted by atomic mass is 10.3. The summed E-state index contributed by atoms with van der Waals surface area (Å²) < 4.78 is 0. The third-order valence-corrected chi connectivity index (χ3v) is 1.85. The normalized spacial score (nSPS) is 9.93. The summed E-state index contributed by atoms with van der Waals surface area (Å²) in [5, 5.41) is 11.7. The van der Waals surface area contributed by atoms with Gasteiger partial charge in [-0.15, -0.1) is 0 Å². The lowest BCUT2D eigenvalue weighted by Gasteiger charge is -2.09. The van der Waals surface area contributed by atoms with Crippen molar-refractivity contribution in [3.63, 3.8) is 0 Å². The number of aliphatic hydroxyl groups is 1. The van der Waals surface area contributed by atoms with Crippen LogP contribution in [0, 0.1) is 6.92 Å². The van der Waals surface area contributed by atoms with Crippen LogP contribution in [0.5, 0.6) is 0 Å². The number of hydrazine groups is 1. The molecule has 0 fully saturated rings. The monoisotopic (exact) mass is 197 g/mol. The van der Waals surface area contributed by atoms with E-state index >= 15 is 0 Å². The molecule has 1 aromatic heterocycles. The Morgan fingerprint density at radius 1 is 1.43 bits per heavy atom. The van der Waals surface area contributed by atoms with Crippen molar-refractivity contribution in [1.29, 1.82) is 0 Å². The first-order valence-corrected chi connectivity index (χ1v) is 4.42. The van der Waals surface area contributed by atoms with E-state index in [4.69, 9.17) is 10.9 Å². The zero-order valence-corrected chi connectivity index (χ0v) is 8.12. The van der Waals surface area contributed by atoms with Gasteiger partial charge in [0.15, 0.2) is 0 Å². The molecule has 0 aliphatic heterocycles. The number of anilines is 2. The maximum atomic E-state index is 8.61. The fourth-order valence-electron chi connectivity index (χ4n) is 1.06. The first kappa shape index (κ1) is 10.7. The van der Waals surface area contributed by atoms with Crippen molar-refractivity contribution in [3.05, 3.63) is 11.9 Å². The molecule has 6 heteroatoms. The topological polar surface area (TPSA) is 96.1 Å². The highest BCUT2D eigenvalue weighted by molar-refractivity contribution is 5.55. The summed E-state index contributed by atoms with van der Waals surface area (Å²) in [4.78, 5) is 8.01. The van der Waals surface area contributed by atoms with Gasteiger partial charge in [0.1, 0.15) is 18.0 Å². The molecule has 0 aliphatic carbocycles. The second-order valence-corrected chi connectivity index (χ2v) is 2.84. The molecule has 14 heavy (non-hydrogen) atoms. The van der Waals surface area contributed by atoms with Crippen LogP contribution in [0.15, 0.2) is 6.33 Å². The molecule has 0 aliphatic rings. The van der Waals surface area contributed by atoms with Crippen LogP contribution in [0.2, 0.25) is 0 Å². The minimum atomic E-state index is 0.166. The minimum absolute atomic E-state index is 0.166. The zero-order valence-electron chi connectivity index (χ0n) is 8.12. The summed E-state index contributed by atoms with van der Waals surface area (Å²) in [6.45, 7) is 2.72. The van der Waals surface area contributed by atoms with Gasteiger partial charge in [-0.3, -0.25) is 0 Å². The maximum absolute atomic E-state index is 8.61. The Labute approximate surface area is 82.5 Å². The summed E-state index contributed by atoms with van der Waals surface area (Å²) in [7, 11) is 0. The summed E-state index contributed by atoms with van der Waals surface area (Å²) in [5.74, 6) is 6.61. The molecule has 6 nitrogen and oxygen atoms in total. The largest absolute Gasteiger partial charge is 0.396 e. The molecule has 0 radical (unpaired) electrons. The van der Waals surface area contributed by atoms with Gasteiger partial charge < -0.3 is 15.8 Å². The third kappa shape index (κ3) is 2.54. The smallest absolute Gasteiger partial charge is 0.148 e. The quantitative estimate of drug-likeness (QED) is 0.298. The van der Waals surface area contributed by atoms with Crippen LogP contribution in [-0.4, -0.2) is 28.2 Å². The second kappa shape index (κ2) is 5.36. The van der Waals surface area contributed by atoms with Crippen molar-refractivity contribution in [3.8, 4) is 0 Å². The van der Waals surface area contributed by atoms with Crippen LogP contribution in [0.1, 0.15) is 12.0 Å². The Bertz CT molecular complexity index is 291. The summed E-state index contributed by atoms with van der Waals surface area (Å²) in [6.07, 6.45) is 2.12. The van der Waals surface area contributed by atoms with Gasteiger partial charge in [-0.25, -0.2) is 15.8 Å². The van der Waals surface area contributed by atoms with Gasteiger partial charge in [0.05, 0.1) is 0 Å². The van der Waals surface area contributed by atoms with E-state index in [1.807, 2.05) is 6.92 Å². The molecule has 0 atom stereocenters. The Morgan fingerprint density at radius 3 is 2.79 bits per heavy atom. The first-order valence-electron chi connectivity index (χ1n) is 4.42. The predicted octanol–water partition coefficient (Wildman–Crippen LogP) is -0.135. The molecular weight excluding hydrogens is 182 g/mol. The molecule has 0 bridgehead atoms. The van der Waals surface area contributed by atoms with Gasteiger partial charge in [-0.05, 0) is 13.3 Å². The Kier molecular flexibility index (Phi) is 4.09. The van der Waals surface area contributed by atoms with Gasteiger partial charge in [-0.1, -0.05) is 0 Å². The van der Waals surface area contributed by atoms with Crippen LogP contribution in [-0.2, 0) is 0 Å². The lowest BCUT2D eigenvalue weighted by molar-refractivity contribution is 0.292. The molecule has 1 aromatic rings. The average Bonchev–Trinajstić information content (AvgIpc) is 2.21. The predicted molar refractivity (Wildman–Crippen MR) is 54.8 cm³/mol. The molecule has 1 rings (SSSR count). The molecule has 0 spiro atoms. The van der Waals surface area contributed by atoms with Crippen molar-refractivity contribution < 1.29 is 5.11 Å². The number of nitrogens with one attached hydrogen (secondary N) is 2. The fourth-order valence-corrected chi connectivity index (χ4v) is 1.06. The van der Waals surface area contributed by atoms with Crippen molar-refractivity contribution in [2.24, 2.45) is 5.84 Å². The molecule has 0 saturated heterocycles. The Balaban J connectivity index is 2.66. The van der Waals surface area contributed by atoms with Gasteiger partial charge in [-0.2, -0.15) is 0 Å². The highest BCUT2D eigenvalue weighted by Gasteiger charge is 2.04. The molecule has 0 unspecified atom stereocenters. The standard InChI is InChI=1S/C8H15N5O/c1-6-7(10-3-2-4-14)11-5-12-8(6)13-9/h5,14H,2-4,9H2,1H3,(H2,10,11,12,13). The van der Waals surface area contributed by atoms with Crippen molar-refractivity contribution in [2.75, 3.05) is 23.9 Å². The van der Waals surface area contributed by atoms with E-state index in [1.54, 1.807) is 0 Å². The second-order valence-electron chi connectivity index (χ2n) is 2.84. The van der Waals surface area contributed by atoms with Crippen LogP contribution >= 0.6 is 0 Å². The number of rotatable bonds is 5. The number of nitrogens with two attached hydrogens (primary N) is 1. The van der Waals surface area contributed by atoms with E-state index in [-0.39, 0.29) is 6.61 Å². The number of nitrogen functional groups attached to an aromatic ring is 1. The molecule has 0 saturated carbocycles. The summed E-state index contributed by atoms with van der Waals surface area (Å²) >= 11 is 0. The van der Waals surface area contributed by atoms with E-state index < -0.39 is 0 Å². The molecule has 5 N–H and O–H groups in total. The summed E-state index contributed by atoms with van der Waals surface area (Å²) in [5.41, 5.74) is 3.35. The average molecular weight is 197 g/mol. The molecule has 1 heterocycles.